The fourth-order valence-electron chi connectivity index (χ4n) is 4.47. The number of rotatable bonds is 4. The molecule has 0 spiro atoms. The Morgan fingerprint density at radius 1 is 0.361 bits per heavy atom. The molecule has 0 bridgehead atoms. The summed E-state index contributed by atoms with van der Waals surface area (Å²) in [6.45, 7) is 0. The molecule has 2 nitrogen and oxygen atoms in total. The predicted octanol–water partition coefficient (Wildman–Crippen LogP) is 9.57. The van der Waals surface area contributed by atoms with Crippen LogP contribution in [0.2, 0.25) is 0 Å². The minimum atomic E-state index is 1.03. The first kappa shape index (κ1) is 21.2. The topological polar surface area (TPSA) is 25.8 Å². The zero-order valence-electron chi connectivity index (χ0n) is 19.3. The average Bonchev–Trinajstić information content (AvgIpc) is 3.56. The predicted molar refractivity (Wildman–Crippen MR) is 155 cm³/mol. The molecule has 0 N–H and O–H groups in total. The molecule has 0 amide bonds. The second-order valence-corrected chi connectivity index (χ2v) is 10.8. The smallest absolute Gasteiger partial charge is 0.124 e. The maximum atomic E-state index is 4.96. The molecular formula is C32H20N2S2. The van der Waals surface area contributed by atoms with Crippen LogP contribution in [0.3, 0.4) is 0 Å². The summed E-state index contributed by atoms with van der Waals surface area (Å²) in [5, 5.41) is 2.08. The molecule has 170 valence electrons. The molecule has 0 atom stereocenters. The lowest BCUT2D eigenvalue weighted by molar-refractivity contribution is 1.47. The van der Waals surface area contributed by atoms with Crippen molar-refractivity contribution in [1.29, 1.82) is 0 Å². The van der Waals surface area contributed by atoms with E-state index in [-0.39, 0.29) is 0 Å². The average molecular weight is 497 g/mol. The van der Waals surface area contributed by atoms with E-state index in [1.807, 2.05) is 12.1 Å². The fourth-order valence-corrected chi connectivity index (χ4v) is 6.44. The monoisotopic (exact) mass is 496 g/mol. The van der Waals surface area contributed by atoms with E-state index in [1.165, 1.54) is 31.7 Å². The largest absolute Gasteiger partial charge is 0.236 e. The Bertz CT molecular complexity index is 1610. The summed E-state index contributed by atoms with van der Waals surface area (Å²) in [4.78, 5) is 9.92. The normalized spacial score (nSPS) is 11.3. The van der Waals surface area contributed by atoms with Gasteiger partial charge in [-0.15, -0.1) is 22.7 Å². The van der Waals surface area contributed by atoms with Crippen molar-refractivity contribution in [1.82, 2.24) is 9.97 Å². The zero-order valence-corrected chi connectivity index (χ0v) is 20.9. The van der Waals surface area contributed by atoms with Crippen molar-refractivity contribution in [2.24, 2.45) is 0 Å². The third-order valence-corrected chi connectivity index (χ3v) is 8.51. The second-order valence-electron chi connectivity index (χ2n) is 8.71. The van der Waals surface area contributed by atoms with E-state index in [4.69, 9.17) is 9.97 Å². The van der Waals surface area contributed by atoms with Crippen LogP contribution >= 0.6 is 22.7 Å². The highest BCUT2D eigenvalue weighted by Crippen LogP contribution is 2.37. The highest BCUT2D eigenvalue weighted by molar-refractivity contribution is 7.23. The minimum Gasteiger partial charge on any atom is -0.236 e. The van der Waals surface area contributed by atoms with E-state index >= 15 is 0 Å². The van der Waals surface area contributed by atoms with Crippen molar-refractivity contribution in [3.63, 3.8) is 0 Å². The van der Waals surface area contributed by atoms with E-state index in [0.717, 1.165) is 32.2 Å². The Balaban J connectivity index is 1.19. The van der Waals surface area contributed by atoms with E-state index in [0.29, 0.717) is 0 Å². The van der Waals surface area contributed by atoms with E-state index in [2.05, 4.69) is 109 Å². The number of benzene rings is 5. The summed E-state index contributed by atoms with van der Waals surface area (Å²) < 4.78 is 2.34. The fraction of sp³-hybridized carbons (Fsp3) is 0. The van der Waals surface area contributed by atoms with Gasteiger partial charge < -0.3 is 0 Å². The summed E-state index contributed by atoms with van der Waals surface area (Å²) in [5.74, 6) is 0. The number of fused-ring (bicyclic) bond motifs is 2. The maximum Gasteiger partial charge on any atom is 0.124 e. The molecule has 0 fully saturated rings. The Kier molecular flexibility index (Phi) is 5.20. The Morgan fingerprint density at radius 3 is 1.08 bits per heavy atom. The number of hydrogen-bond acceptors (Lipinski definition) is 4. The molecule has 36 heavy (non-hydrogen) atoms. The van der Waals surface area contributed by atoms with Crippen molar-refractivity contribution in [2.45, 2.75) is 0 Å². The molecule has 0 saturated carbocycles. The van der Waals surface area contributed by atoms with Gasteiger partial charge in [0, 0.05) is 11.1 Å². The van der Waals surface area contributed by atoms with Gasteiger partial charge >= 0.3 is 0 Å². The molecule has 0 saturated heterocycles. The Hall–Kier alpha value is -4.12. The molecule has 0 aliphatic carbocycles. The lowest BCUT2D eigenvalue weighted by Crippen LogP contribution is -1.79. The Morgan fingerprint density at radius 2 is 0.694 bits per heavy atom. The van der Waals surface area contributed by atoms with Crippen LogP contribution in [0.15, 0.2) is 121 Å². The molecular weight excluding hydrogens is 477 g/mol. The number of nitrogens with zero attached hydrogens (tertiary/aromatic N) is 2. The van der Waals surface area contributed by atoms with Gasteiger partial charge in [0.2, 0.25) is 0 Å². The molecule has 0 aliphatic heterocycles. The summed E-state index contributed by atoms with van der Waals surface area (Å²) in [6, 6.07) is 42.6. The van der Waals surface area contributed by atoms with E-state index in [1.54, 1.807) is 22.7 Å². The molecule has 0 aliphatic rings. The van der Waals surface area contributed by atoms with Gasteiger partial charge in [0.25, 0.3) is 0 Å². The van der Waals surface area contributed by atoms with Crippen LogP contribution in [-0.4, -0.2) is 9.97 Å². The molecule has 2 heterocycles. The number of aromatic nitrogens is 2. The highest BCUT2D eigenvalue weighted by Gasteiger charge is 2.12. The number of thiazole rings is 2. The van der Waals surface area contributed by atoms with Crippen LogP contribution in [0.1, 0.15) is 0 Å². The SMILES string of the molecule is c1ccc(-c2ccc(-c3nc4cc5sc(-c6ccc(-c7ccccc7)cc6)nc5cc4s3)cc2)cc1. The molecule has 7 aromatic rings. The molecule has 4 heteroatoms. The van der Waals surface area contributed by atoms with Crippen molar-refractivity contribution in [2.75, 3.05) is 0 Å². The van der Waals surface area contributed by atoms with Crippen molar-refractivity contribution < 1.29 is 0 Å². The van der Waals surface area contributed by atoms with Crippen LogP contribution in [-0.2, 0) is 0 Å². The van der Waals surface area contributed by atoms with Crippen LogP contribution in [0.4, 0.5) is 0 Å². The van der Waals surface area contributed by atoms with E-state index in [9.17, 15) is 0 Å². The lowest BCUT2D eigenvalue weighted by Gasteiger charge is -2.02. The summed E-state index contributed by atoms with van der Waals surface area (Å²) in [5.41, 5.74) is 9.24. The molecule has 7 rings (SSSR count). The van der Waals surface area contributed by atoms with Crippen LogP contribution in [0, 0.1) is 0 Å². The molecule has 2 aromatic heterocycles. The molecule has 0 radical (unpaired) electrons. The molecule has 5 aromatic carbocycles. The van der Waals surface area contributed by atoms with Gasteiger partial charge in [-0.25, -0.2) is 9.97 Å². The van der Waals surface area contributed by atoms with Crippen LogP contribution in [0.5, 0.6) is 0 Å². The standard InChI is InChI=1S/C32H20N2S2/c1-3-7-21(8-4-1)23-11-15-25(16-12-23)31-33-27-19-30-28(20-29(27)35-31)34-32(36-30)26-17-13-24(14-18-26)22-9-5-2-6-10-22/h1-20H. The van der Waals surface area contributed by atoms with Gasteiger partial charge in [0.05, 0.1) is 20.4 Å². The van der Waals surface area contributed by atoms with Gasteiger partial charge in [-0.1, -0.05) is 109 Å². The van der Waals surface area contributed by atoms with Crippen molar-refractivity contribution in [3.8, 4) is 43.4 Å². The van der Waals surface area contributed by atoms with Gasteiger partial charge in [0.1, 0.15) is 10.0 Å². The minimum absolute atomic E-state index is 1.03. The zero-order chi connectivity index (χ0) is 23.9. The third kappa shape index (κ3) is 3.91. The third-order valence-electron chi connectivity index (χ3n) is 6.38. The Labute approximate surface area is 217 Å². The van der Waals surface area contributed by atoms with Gasteiger partial charge in [-0.2, -0.15) is 0 Å². The summed E-state index contributed by atoms with van der Waals surface area (Å²) in [7, 11) is 0. The van der Waals surface area contributed by atoms with Crippen molar-refractivity contribution in [3.05, 3.63) is 121 Å². The summed E-state index contributed by atoms with van der Waals surface area (Å²) in [6.07, 6.45) is 0. The summed E-state index contributed by atoms with van der Waals surface area (Å²) >= 11 is 3.45. The van der Waals surface area contributed by atoms with Gasteiger partial charge in [-0.3, -0.25) is 0 Å². The maximum absolute atomic E-state index is 4.96. The molecule has 0 unspecified atom stereocenters. The first-order valence-electron chi connectivity index (χ1n) is 11.8. The van der Waals surface area contributed by atoms with Crippen LogP contribution < -0.4 is 0 Å². The van der Waals surface area contributed by atoms with Crippen LogP contribution in [0.25, 0.3) is 63.8 Å². The quantitative estimate of drug-likeness (QED) is 0.242. The number of hydrogen-bond donors (Lipinski definition) is 0. The van der Waals surface area contributed by atoms with E-state index < -0.39 is 0 Å². The second kappa shape index (κ2) is 8.83. The first-order chi connectivity index (χ1) is 17.8. The van der Waals surface area contributed by atoms with Gasteiger partial charge in [-0.05, 0) is 34.4 Å². The van der Waals surface area contributed by atoms with Gasteiger partial charge in [0.15, 0.2) is 0 Å². The highest BCUT2D eigenvalue weighted by atomic mass is 32.1. The lowest BCUT2D eigenvalue weighted by atomic mass is 10.0. The van der Waals surface area contributed by atoms with Crippen molar-refractivity contribution >= 4 is 43.1 Å². The first-order valence-corrected chi connectivity index (χ1v) is 13.5.